The summed E-state index contributed by atoms with van der Waals surface area (Å²) in [7, 11) is 0. The molecule has 8 heteroatoms. The summed E-state index contributed by atoms with van der Waals surface area (Å²) in [5.74, 6) is -0.451. The smallest absolute Gasteiger partial charge is 0.252 e. The van der Waals surface area contributed by atoms with Gasteiger partial charge >= 0.3 is 0 Å². The van der Waals surface area contributed by atoms with Gasteiger partial charge in [0, 0.05) is 30.0 Å². The second kappa shape index (κ2) is 5.69. The van der Waals surface area contributed by atoms with E-state index in [1.165, 1.54) is 6.20 Å². The van der Waals surface area contributed by atoms with E-state index in [-0.39, 0.29) is 22.9 Å². The topological polar surface area (TPSA) is 119 Å². The van der Waals surface area contributed by atoms with Crippen molar-refractivity contribution in [2.24, 2.45) is 16.9 Å². The van der Waals surface area contributed by atoms with E-state index in [1.807, 2.05) is 6.07 Å². The Balaban J connectivity index is 1.79. The predicted molar refractivity (Wildman–Crippen MR) is 104 cm³/mol. The van der Waals surface area contributed by atoms with Crippen LogP contribution in [0.4, 0.5) is 11.4 Å². The second-order valence-corrected chi connectivity index (χ2v) is 8.50. The molecule has 5 N–H and O–H groups in total. The lowest BCUT2D eigenvalue weighted by Gasteiger charge is -2.39. The predicted octanol–water partition coefficient (Wildman–Crippen LogP) is 1.49. The van der Waals surface area contributed by atoms with Gasteiger partial charge in [-0.15, -0.1) is 0 Å². The molecule has 2 fully saturated rings. The van der Waals surface area contributed by atoms with E-state index in [1.54, 1.807) is 15.6 Å². The van der Waals surface area contributed by atoms with E-state index in [0.717, 1.165) is 24.0 Å². The lowest BCUT2D eigenvalue weighted by molar-refractivity contribution is -0.122. The average molecular weight is 370 g/mol. The number of carbonyl (C=O) groups excluding carboxylic acids is 2. The van der Waals surface area contributed by atoms with Crippen LogP contribution in [0.2, 0.25) is 0 Å². The molecule has 2 aromatic heterocycles. The van der Waals surface area contributed by atoms with Crippen molar-refractivity contribution in [3.63, 3.8) is 0 Å². The van der Waals surface area contributed by atoms with Crippen molar-refractivity contribution in [3.8, 4) is 0 Å². The number of anilines is 2. The third-order valence-electron chi connectivity index (χ3n) is 6.66. The van der Waals surface area contributed by atoms with Crippen molar-refractivity contribution < 1.29 is 9.59 Å². The number of hydrogen-bond acceptors (Lipinski definition) is 5. The fraction of sp³-hybridized carbons (Fsp3) is 0.526. The van der Waals surface area contributed by atoms with Crippen molar-refractivity contribution in [3.05, 3.63) is 24.0 Å². The number of fused-ring (bicyclic) bond motifs is 1. The summed E-state index contributed by atoms with van der Waals surface area (Å²) in [6.07, 6.45) is 5.62. The first-order valence-corrected chi connectivity index (χ1v) is 9.29. The molecule has 1 saturated heterocycles. The highest BCUT2D eigenvalue weighted by molar-refractivity contribution is 6.04. The number of aromatic nitrogens is 2. The van der Waals surface area contributed by atoms with Gasteiger partial charge in [0.15, 0.2) is 0 Å². The van der Waals surface area contributed by atoms with Gasteiger partial charge in [0.2, 0.25) is 5.91 Å². The normalized spacial score (nSPS) is 27.0. The Bertz CT molecular complexity index is 945. The molecule has 0 radical (unpaired) electrons. The zero-order valence-corrected chi connectivity index (χ0v) is 16.0. The Hall–Kier alpha value is -2.61. The minimum absolute atomic E-state index is 0.0841. The van der Waals surface area contributed by atoms with E-state index in [2.05, 4.69) is 31.2 Å². The van der Waals surface area contributed by atoms with Crippen LogP contribution in [0.3, 0.4) is 0 Å². The largest absolute Gasteiger partial charge is 0.379 e. The molecule has 8 nitrogen and oxygen atoms in total. The second-order valence-electron chi connectivity index (χ2n) is 8.50. The van der Waals surface area contributed by atoms with Crippen LogP contribution in [0.5, 0.6) is 0 Å². The van der Waals surface area contributed by atoms with Crippen LogP contribution >= 0.6 is 0 Å². The van der Waals surface area contributed by atoms with Crippen molar-refractivity contribution in [2.75, 3.05) is 16.8 Å². The maximum absolute atomic E-state index is 12.0. The molecule has 2 aromatic rings. The summed E-state index contributed by atoms with van der Waals surface area (Å²) < 4.78 is 1.68. The maximum atomic E-state index is 12.0. The molecule has 27 heavy (non-hydrogen) atoms. The van der Waals surface area contributed by atoms with E-state index in [0.29, 0.717) is 24.2 Å². The molecule has 2 atom stereocenters. The van der Waals surface area contributed by atoms with E-state index < -0.39 is 5.91 Å². The molecule has 4 rings (SSSR count). The molecule has 0 aromatic carbocycles. The number of β-lactam (4-membered cyclic amide) rings is 1. The highest BCUT2D eigenvalue weighted by atomic mass is 16.2. The van der Waals surface area contributed by atoms with Gasteiger partial charge in [0.25, 0.3) is 5.91 Å². The Morgan fingerprint density at radius 3 is 2.63 bits per heavy atom. The number of primary amides is 1. The Labute approximate surface area is 157 Å². The lowest BCUT2D eigenvalue weighted by atomic mass is 9.75. The summed E-state index contributed by atoms with van der Waals surface area (Å²) in [5, 5.41) is 7.84. The van der Waals surface area contributed by atoms with Crippen molar-refractivity contribution in [2.45, 2.75) is 51.6 Å². The van der Waals surface area contributed by atoms with Gasteiger partial charge in [-0.2, -0.15) is 5.10 Å². The van der Waals surface area contributed by atoms with Gasteiger partial charge < -0.3 is 21.7 Å². The first-order valence-electron chi connectivity index (χ1n) is 9.29. The highest BCUT2D eigenvalue weighted by Gasteiger charge is 2.49. The van der Waals surface area contributed by atoms with Gasteiger partial charge in [-0.1, -0.05) is 13.8 Å². The van der Waals surface area contributed by atoms with Crippen LogP contribution in [0.25, 0.3) is 5.52 Å². The summed E-state index contributed by atoms with van der Waals surface area (Å²) in [4.78, 5) is 25.5. The van der Waals surface area contributed by atoms with Crippen molar-refractivity contribution in [1.29, 1.82) is 0 Å². The molecule has 3 heterocycles. The van der Waals surface area contributed by atoms with Gasteiger partial charge in [-0.3, -0.25) is 9.59 Å². The number of nitrogens with one attached hydrogen (secondary N) is 1. The van der Waals surface area contributed by atoms with Crippen molar-refractivity contribution in [1.82, 2.24) is 9.61 Å². The molecule has 2 amide bonds. The number of carbonyl (C=O) groups is 2. The zero-order chi connectivity index (χ0) is 19.6. The van der Waals surface area contributed by atoms with Crippen molar-refractivity contribution >= 4 is 28.7 Å². The Morgan fingerprint density at radius 2 is 2.11 bits per heavy atom. The van der Waals surface area contributed by atoms with E-state index >= 15 is 0 Å². The standard InChI is InChI=1S/C19H26N6O2/c1-18(2)14(4-6-19(18,3)21)23-16-12(17(20)27)9-22-25-10-11(8-13(16)25)24-7-5-15(24)26/h8-10,14,23H,4-7,21H2,1-3H3,(H2,20,27)/t14-,19+/m1/s1. The third-order valence-corrected chi connectivity index (χ3v) is 6.66. The molecule has 1 aliphatic heterocycles. The van der Waals surface area contributed by atoms with Gasteiger partial charge in [-0.25, -0.2) is 4.52 Å². The molecule has 0 spiro atoms. The van der Waals surface area contributed by atoms with Crippen LogP contribution in [0, 0.1) is 5.41 Å². The highest BCUT2D eigenvalue weighted by Crippen LogP contribution is 2.46. The number of amides is 2. The van der Waals surface area contributed by atoms with Gasteiger partial charge in [0.05, 0.1) is 34.8 Å². The molecule has 1 aliphatic carbocycles. The fourth-order valence-electron chi connectivity index (χ4n) is 4.07. The van der Waals surface area contributed by atoms with Gasteiger partial charge in [-0.05, 0) is 25.8 Å². The molecule has 0 unspecified atom stereocenters. The average Bonchev–Trinajstić information content (AvgIpc) is 3.07. The molecule has 2 aliphatic rings. The fourth-order valence-corrected chi connectivity index (χ4v) is 4.07. The first-order chi connectivity index (χ1) is 12.6. The zero-order valence-electron chi connectivity index (χ0n) is 16.0. The van der Waals surface area contributed by atoms with E-state index in [9.17, 15) is 9.59 Å². The van der Waals surface area contributed by atoms with Crippen LogP contribution in [-0.2, 0) is 4.79 Å². The van der Waals surface area contributed by atoms with E-state index in [4.69, 9.17) is 11.5 Å². The number of nitrogens with two attached hydrogens (primary N) is 2. The van der Waals surface area contributed by atoms with Crippen LogP contribution in [0.15, 0.2) is 18.5 Å². The minimum Gasteiger partial charge on any atom is -0.379 e. The first kappa shape index (κ1) is 17.8. The van der Waals surface area contributed by atoms with Gasteiger partial charge in [0.1, 0.15) is 0 Å². The number of rotatable bonds is 4. The molecular formula is C19H26N6O2. The lowest BCUT2D eigenvalue weighted by Crippen LogP contribution is -2.51. The summed E-state index contributed by atoms with van der Waals surface area (Å²) in [6, 6.07) is 1.96. The van der Waals surface area contributed by atoms with Crippen LogP contribution in [0.1, 0.15) is 50.4 Å². The molecule has 0 bridgehead atoms. The molecular weight excluding hydrogens is 344 g/mol. The quantitative estimate of drug-likeness (QED) is 0.705. The molecule has 1 saturated carbocycles. The summed E-state index contributed by atoms with van der Waals surface area (Å²) >= 11 is 0. The Kier molecular flexibility index (Phi) is 3.75. The number of nitrogens with zero attached hydrogens (tertiary/aromatic N) is 3. The maximum Gasteiger partial charge on any atom is 0.252 e. The SMILES string of the molecule is CC1(C)[C@H](Nc2c(C(N)=O)cnn3cc(N4CCC4=O)cc23)CC[C@]1(C)N. The minimum atomic E-state index is -0.540. The number of hydrogen-bond donors (Lipinski definition) is 3. The monoisotopic (exact) mass is 370 g/mol. The molecule has 144 valence electrons. The summed E-state index contributed by atoms with van der Waals surface area (Å²) in [6.45, 7) is 7.05. The summed E-state index contributed by atoms with van der Waals surface area (Å²) in [5.41, 5.74) is 14.1. The van der Waals surface area contributed by atoms with Crippen LogP contribution < -0.4 is 21.7 Å². The third kappa shape index (κ3) is 2.58. The van der Waals surface area contributed by atoms with Crippen LogP contribution in [-0.4, -0.2) is 39.6 Å². The Morgan fingerprint density at radius 1 is 1.37 bits per heavy atom.